The molecule has 20 heavy (non-hydrogen) atoms. The molecule has 0 heterocycles. The molecular formula is C17H16Cl2O. The maximum atomic E-state index is 10.8. The summed E-state index contributed by atoms with van der Waals surface area (Å²) in [4.78, 5) is 0. The van der Waals surface area contributed by atoms with Crippen LogP contribution in [0.1, 0.15) is 41.6 Å². The first kappa shape index (κ1) is 13.9. The Hall–Kier alpha value is -1.02. The van der Waals surface area contributed by atoms with Crippen LogP contribution < -0.4 is 0 Å². The number of aliphatic hydroxyl groups excluding tert-OH is 1. The molecule has 0 spiro atoms. The molecular weight excluding hydrogens is 291 g/mol. The van der Waals surface area contributed by atoms with Gasteiger partial charge in [-0.1, -0.05) is 47.5 Å². The monoisotopic (exact) mass is 306 g/mol. The van der Waals surface area contributed by atoms with Gasteiger partial charge in [0.1, 0.15) is 0 Å². The molecule has 0 radical (unpaired) electrons. The molecule has 2 atom stereocenters. The third-order valence-electron chi connectivity index (χ3n) is 4.07. The molecule has 1 N–H and O–H groups in total. The summed E-state index contributed by atoms with van der Waals surface area (Å²) in [7, 11) is 0. The Balaban J connectivity index is 1.99. The quantitative estimate of drug-likeness (QED) is 0.814. The molecule has 0 aromatic heterocycles. The SMILES string of the molecule is OC(c1cc(Cl)ccc1Cl)C1CCCc2ccccc21. The molecule has 2 aromatic rings. The highest BCUT2D eigenvalue weighted by molar-refractivity contribution is 6.33. The molecule has 3 heteroatoms. The van der Waals surface area contributed by atoms with Gasteiger partial charge in [-0.05, 0) is 48.6 Å². The topological polar surface area (TPSA) is 20.2 Å². The van der Waals surface area contributed by atoms with Crippen LogP contribution in [0.3, 0.4) is 0 Å². The number of halogens is 2. The minimum Gasteiger partial charge on any atom is -0.388 e. The van der Waals surface area contributed by atoms with Crippen LogP contribution in [0, 0.1) is 0 Å². The molecule has 0 saturated carbocycles. The van der Waals surface area contributed by atoms with E-state index in [9.17, 15) is 5.11 Å². The van der Waals surface area contributed by atoms with E-state index in [0.717, 1.165) is 24.8 Å². The van der Waals surface area contributed by atoms with Crippen LogP contribution in [0.15, 0.2) is 42.5 Å². The molecule has 0 fully saturated rings. The van der Waals surface area contributed by atoms with Crippen molar-refractivity contribution >= 4 is 23.2 Å². The van der Waals surface area contributed by atoms with E-state index in [0.29, 0.717) is 10.0 Å². The van der Waals surface area contributed by atoms with Gasteiger partial charge in [0, 0.05) is 21.5 Å². The molecule has 0 amide bonds. The smallest absolute Gasteiger partial charge is 0.0873 e. The summed E-state index contributed by atoms with van der Waals surface area (Å²) in [5, 5.41) is 11.9. The van der Waals surface area contributed by atoms with Crippen molar-refractivity contribution in [3.05, 3.63) is 69.2 Å². The van der Waals surface area contributed by atoms with Crippen molar-refractivity contribution in [2.45, 2.75) is 31.3 Å². The molecule has 2 unspecified atom stereocenters. The Kier molecular flexibility index (Phi) is 4.02. The van der Waals surface area contributed by atoms with Gasteiger partial charge in [0.05, 0.1) is 6.10 Å². The molecule has 0 bridgehead atoms. The number of hydrogen-bond donors (Lipinski definition) is 1. The van der Waals surface area contributed by atoms with Crippen LogP contribution in [-0.2, 0) is 6.42 Å². The van der Waals surface area contributed by atoms with Gasteiger partial charge in [0.15, 0.2) is 0 Å². The molecule has 104 valence electrons. The number of rotatable bonds is 2. The lowest BCUT2D eigenvalue weighted by Gasteiger charge is -2.30. The first-order valence-corrected chi connectivity index (χ1v) is 7.63. The normalized spacial score (nSPS) is 19.4. The Bertz CT molecular complexity index is 624. The Labute approximate surface area is 129 Å². The summed E-state index contributed by atoms with van der Waals surface area (Å²) in [5.74, 6) is 0.0934. The summed E-state index contributed by atoms with van der Waals surface area (Å²) >= 11 is 12.2. The third kappa shape index (κ3) is 2.58. The number of aliphatic hydroxyl groups is 1. The van der Waals surface area contributed by atoms with Crippen LogP contribution in [0.2, 0.25) is 10.0 Å². The van der Waals surface area contributed by atoms with E-state index in [4.69, 9.17) is 23.2 Å². The fourth-order valence-corrected chi connectivity index (χ4v) is 3.49. The summed E-state index contributed by atoms with van der Waals surface area (Å²) < 4.78 is 0. The van der Waals surface area contributed by atoms with Crippen molar-refractivity contribution in [1.82, 2.24) is 0 Å². The fraction of sp³-hybridized carbons (Fsp3) is 0.294. The first-order chi connectivity index (χ1) is 9.66. The van der Waals surface area contributed by atoms with Gasteiger partial charge in [-0.15, -0.1) is 0 Å². The van der Waals surface area contributed by atoms with E-state index in [2.05, 4.69) is 18.2 Å². The van der Waals surface area contributed by atoms with Gasteiger partial charge in [-0.2, -0.15) is 0 Å². The molecule has 1 aliphatic rings. The highest BCUT2D eigenvalue weighted by Crippen LogP contribution is 2.42. The zero-order valence-corrected chi connectivity index (χ0v) is 12.5. The van der Waals surface area contributed by atoms with Crippen molar-refractivity contribution < 1.29 is 5.11 Å². The number of hydrogen-bond acceptors (Lipinski definition) is 1. The first-order valence-electron chi connectivity index (χ1n) is 6.87. The van der Waals surface area contributed by atoms with E-state index in [-0.39, 0.29) is 5.92 Å². The predicted molar refractivity (Wildman–Crippen MR) is 83.5 cm³/mol. The second kappa shape index (κ2) is 5.77. The largest absolute Gasteiger partial charge is 0.388 e. The molecule has 1 aliphatic carbocycles. The zero-order valence-electron chi connectivity index (χ0n) is 11.0. The molecule has 0 saturated heterocycles. The van der Waals surface area contributed by atoms with Crippen molar-refractivity contribution in [2.75, 3.05) is 0 Å². The van der Waals surface area contributed by atoms with Gasteiger partial charge in [-0.3, -0.25) is 0 Å². The van der Waals surface area contributed by atoms with Crippen molar-refractivity contribution in [1.29, 1.82) is 0 Å². The minimum absolute atomic E-state index is 0.0934. The Morgan fingerprint density at radius 1 is 1.10 bits per heavy atom. The summed E-state index contributed by atoms with van der Waals surface area (Å²) in [6.07, 6.45) is 2.54. The average Bonchev–Trinajstić information content (AvgIpc) is 2.48. The number of benzene rings is 2. The van der Waals surface area contributed by atoms with Crippen LogP contribution in [0.25, 0.3) is 0 Å². The lowest BCUT2D eigenvalue weighted by molar-refractivity contribution is 0.136. The van der Waals surface area contributed by atoms with Gasteiger partial charge in [0.2, 0.25) is 0 Å². The van der Waals surface area contributed by atoms with Gasteiger partial charge >= 0.3 is 0 Å². The highest BCUT2D eigenvalue weighted by Gasteiger charge is 2.28. The third-order valence-corrected chi connectivity index (χ3v) is 4.65. The minimum atomic E-state index is -0.609. The van der Waals surface area contributed by atoms with Crippen molar-refractivity contribution in [3.63, 3.8) is 0 Å². The van der Waals surface area contributed by atoms with Crippen LogP contribution >= 0.6 is 23.2 Å². The van der Waals surface area contributed by atoms with Crippen molar-refractivity contribution in [2.24, 2.45) is 0 Å². The van der Waals surface area contributed by atoms with Gasteiger partial charge in [0.25, 0.3) is 0 Å². The predicted octanol–water partition coefficient (Wildman–Crippen LogP) is 5.15. The summed E-state index contributed by atoms with van der Waals surface area (Å²) in [6, 6.07) is 13.6. The number of fused-ring (bicyclic) bond motifs is 1. The van der Waals surface area contributed by atoms with E-state index >= 15 is 0 Å². The maximum Gasteiger partial charge on any atom is 0.0873 e. The molecule has 0 aliphatic heterocycles. The second-order valence-corrected chi connectivity index (χ2v) is 6.15. The molecule has 1 nitrogen and oxygen atoms in total. The lowest BCUT2D eigenvalue weighted by Crippen LogP contribution is -2.17. The standard InChI is InChI=1S/C17H16Cl2O/c18-12-8-9-16(19)15(10-12)17(20)14-7-3-5-11-4-1-2-6-13(11)14/h1-2,4,6,8-10,14,17,20H,3,5,7H2. The van der Waals surface area contributed by atoms with Crippen LogP contribution in [-0.4, -0.2) is 5.11 Å². The van der Waals surface area contributed by atoms with E-state index in [1.807, 2.05) is 6.07 Å². The van der Waals surface area contributed by atoms with Gasteiger partial charge in [-0.25, -0.2) is 0 Å². The maximum absolute atomic E-state index is 10.8. The van der Waals surface area contributed by atoms with E-state index in [1.54, 1.807) is 18.2 Å². The molecule has 2 aromatic carbocycles. The Morgan fingerprint density at radius 2 is 1.90 bits per heavy atom. The van der Waals surface area contributed by atoms with E-state index < -0.39 is 6.10 Å². The Morgan fingerprint density at radius 3 is 2.75 bits per heavy atom. The fourth-order valence-electron chi connectivity index (χ4n) is 3.08. The average molecular weight is 307 g/mol. The second-order valence-electron chi connectivity index (χ2n) is 5.31. The highest BCUT2D eigenvalue weighted by atomic mass is 35.5. The lowest BCUT2D eigenvalue weighted by atomic mass is 9.78. The van der Waals surface area contributed by atoms with Crippen LogP contribution in [0.5, 0.6) is 0 Å². The van der Waals surface area contributed by atoms with E-state index in [1.165, 1.54) is 11.1 Å². The van der Waals surface area contributed by atoms with Crippen molar-refractivity contribution in [3.8, 4) is 0 Å². The summed E-state index contributed by atoms with van der Waals surface area (Å²) in [5.41, 5.74) is 3.30. The van der Waals surface area contributed by atoms with Gasteiger partial charge < -0.3 is 5.11 Å². The summed E-state index contributed by atoms with van der Waals surface area (Å²) in [6.45, 7) is 0. The van der Waals surface area contributed by atoms with Crippen LogP contribution in [0.4, 0.5) is 0 Å². The zero-order chi connectivity index (χ0) is 14.1. The molecule has 3 rings (SSSR count). The number of aryl methyl sites for hydroxylation is 1.